The first-order valence-electron chi connectivity index (χ1n) is 5.22. The number of hydrogen-bond donors (Lipinski definition) is 0. The van der Waals surface area contributed by atoms with Crippen molar-refractivity contribution in [1.82, 2.24) is 4.90 Å². The van der Waals surface area contributed by atoms with Crippen LogP contribution in [0.3, 0.4) is 0 Å². The molecule has 0 aromatic rings. The van der Waals surface area contributed by atoms with Crippen LogP contribution in [0.15, 0.2) is 10.6 Å². The lowest BCUT2D eigenvalue weighted by Crippen LogP contribution is -2.41. The molecule has 16 heavy (non-hydrogen) atoms. The van der Waals surface area contributed by atoms with Crippen molar-refractivity contribution in [3.8, 4) is 6.07 Å². The smallest absolute Gasteiger partial charge is 0.242 e. The second-order valence-corrected chi connectivity index (χ2v) is 5.93. The lowest BCUT2D eigenvalue weighted by molar-refractivity contribution is -0.126. The standard InChI is InChI=1S/C10H12N2O3S/c11-6-9-8-4-2-1-3-5-12(8)10(13)7-16(9,14)15/h1-5,7H2. The molecule has 0 spiro atoms. The van der Waals surface area contributed by atoms with Crippen LogP contribution in [0.4, 0.5) is 0 Å². The number of nitriles is 1. The van der Waals surface area contributed by atoms with Crippen molar-refractivity contribution >= 4 is 15.7 Å². The Balaban J connectivity index is 2.58. The number of fused-ring (bicyclic) bond motifs is 1. The topological polar surface area (TPSA) is 78.2 Å². The predicted molar refractivity (Wildman–Crippen MR) is 56.6 cm³/mol. The van der Waals surface area contributed by atoms with Gasteiger partial charge in [-0.3, -0.25) is 4.79 Å². The van der Waals surface area contributed by atoms with Gasteiger partial charge in [-0.15, -0.1) is 0 Å². The molecule has 2 aliphatic heterocycles. The molecule has 86 valence electrons. The van der Waals surface area contributed by atoms with Crippen molar-refractivity contribution in [2.75, 3.05) is 12.3 Å². The van der Waals surface area contributed by atoms with Gasteiger partial charge in [0.2, 0.25) is 5.91 Å². The Hall–Kier alpha value is -1.35. The highest BCUT2D eigenvalue weighted by Gasteiger charge is 2.37. The summed E-state index contributed by atoms with van der Waals surface area (Å²) in [7, 11) is -3.68. The summed E-state index contributed by atoms with van der Waals surface area (Å²) in [6.07, 6.45) is 3.17. The van der Waals surface area contributed by atoms with Gasteiger partial charge in [0.05, 0.1) is 5.70 Å². The minimum atomic E-state index is -3.68. The first-order valence-corrected chi connectivity index (χ1v) is 6.88. The Kier molecular flexibility index (Phi) is 2.72. The van der Waals surface area contributed by atoms with Crippen LogP contribution in [-0.4, -0.2) is 31.5 Å². The minimum absolute atomic E-state index is 0.200. The zero-order valence-electron chi connectivity index (χ0n) is 8.77. The van der Waals surface area contributed by atoms with Gasteiger partial charge in [0, 0.05) is 6.54 Å². The van der Waals surface area contributed by atoms with Gasteiger partial charge in [0.15, 0.2) is 14.7 Å². The third-order valence-electron chi connectivity index (χ3n) is 2.91. The average molecular weight is 240 g/mol. The molecular weight excluding hydrogens is 228 g/mol. The fourth-order valence-corrected chi connectivity index (χ4v) is 3.48. The van der Waals surface area contributed by atoms with Crippen LogP contribution in [-0.2, 0) is 14.6 Å². The first kappa shape index (κ1) is 11.1. The van der Waals surface area contributed by atoms with E-state index >= 15 is 0 Å². The summed E-state index contributed by atoms with van der Waals surface area (Å²) >= 11 is 0. The van der Waals surface area contributed by atoms with Gasteiger partial charge in [0.25, 0.3) is 0 Å². The van der Waals surface area contributed by atoms with E-state index in [-0.39, 0.29) is 4.91 Å². The highest BCUT2D eigenvalue weighted by Crippen LogP contribution is 2.29. The molecule has 2 heterocycles. The van der Waals surface area contributed by atoms with Gasteiger partial charge in [-0.1, -0.05) is 6.42 Å². The predicted octanol–water partition coefficient (Wildman–Crippen LogP) is 0.553. The summed E-state index contributed by atoms with van der Waals surface area (Å²) in [5.74, 6) is -0.949. The van der Waals surface area contributed by atoms with Gasteiger partial charge in [-0.2, -0.15) is 5.26 Å². The van der Waals surface area contributed by atoms with E-state index in [0.717, 1.165) is 19.3 Å². The number of sulfone groups is 1. The largest absolute Gasteiger partial charge is 0.313 e. The van der Waals surface area contributed by atoms with Gasteiger partial charge in [-0.25, -0.2) is 8.42 Å². The highest BCUT2D eigenvalue weighted by molar-refractivity contribution is 7.96. The molecule has 2 rings (SSSR count). The fourth-order valence-electron chi connectivity index (χ4n) is 2.15. The number of allylic oxidation sites excluding steroid dienone is 2. The lowest BCUT2D eigenvalue weighted by atomic mass is 10.2. The van der Waals surface area contributed by atoms with Crippen LogP contribution in [0.2, 0.25) is 0 Å². The number of carbonyl (C=O) groups excluding carboxylic acids is 1. The van der Waals surface area contributed by atoms with Crippen molar-refractivity contribution in [2.24, 2.45) is 0 Å². The first-order chi connectivity index (χ1) is 7.56. The molecular formula is C10H12N2O3S. The summed E-state index contributed by atoms with van der Waals surface area (Å²) in [6.45, 7) is 0.537. The fraction of sp³-hybridized carbons (Fsp3) is 0.600. The molecule has 5 nitrogen and oxygen atoms in total. The maximum absolute atomic E-state index is 11.7. The molecule has 0 aliphatic carbocycles. The molecule has 0 aromatic heterocycles. The third-order valence-corrected chi connectivity index (χ3v) is 4.49. The molecule has 0 radical (unpaired) electrons. The summed E-state index contributed by atoms with van der Waals surface area (Å²) in [4.78, 5) is 12.9. The Morgan fingerprint density at radius 1 is 1.25 bits per heavy atom. The Morgan fingerprint density at radius 3 is 2.69 bits per heavy atom. The van der Waals surface area contributed by atoms with Crippen molar-refractivity contribution in [2.45, 2.75) is 25.7 Å². The van der Waals surface area contributed by atoms with E-state index in [9.17, 15) is 13.2 Å². The molecule has 1 saturated heterocycles. The van der Waals surface area contributed by atoms with E-state index in [0.29, 0.717) is 18.7 Å². The van der Waals surface area contributed by atoms with Gasteiger partial charge in [-0.05, 0) is 19.3 Å². The van der Waals surface area contributed by atoms with E-state index in [4.69, 9.17) is 5.26 Å². The number of nitrogens with zero attached hydrogens (tertiary/aromatic N) is 2. The molecule has 0 unspecified atom stereocenters. The summed E-state index contributed by atoms with van der Waals surface area (Å²) in [5, 5.41) is 8.92. The van der Waals surface area contributed by atoms with E-state index in [1.165, 1.54) is 4.90 Å². The summed E-state index contributed by atoms with van der Waals surface area (Å²) in [6, 6.07) is 1.74. The molecule has 0 N–H and O–H groups in total. The Bertz CT molecular complexity index is 499. The zero-order valence-corrected chi connectivity index (χ0v) is 9.59. The maximum Gasteiger partial charge on any atom is 0.242 e. The number of hydrogen-bond acceptors (Lipinski definition) is 4. The van der Waals surface area contributed by atoms with Gasteiger partial charge >= 0.3 is 0 Å². The third kappa shape index (κ3) is 1.71. The molecule has 2 aliphatic rings. The van der Waals surface area contributed by atoms with Crippen LogP contribution in [0.5, 0.6) is 0 Å². The van der Waals surface area contributed by atoms with E-state index < -0.39 is 21.5 Å². The maximum atomic E-state index is 11.7. The van der Waals surface area contributed by atoms with Crippen molar-refractivity contribution in [1.29, 1.82) is 5.26 Å². The monoisotopic (exact) mass is 240 g/mol. The van der Waals surface area contributed by atoms with Crippen LogP contribution in [0.1, 0.15) is 25.7 Å². The van der Waals surface area contributed by atoms with Crippen LogP contribution in [0.25, 0.3) is 0 Å². The van der Waals surface area contributed by atoms with Crippen molar-refractivity contribution < 1.29 is 13.2 Å². The zero-order chi connectivity index (χ0) is 11.8. The van der Waals surface area contributed by atoms with E-state index in [1.54, 1.807) is 6.07 Å². The average Bonchev–Trinajstić information content (AvgIpc) is 2.42. The lowest BCUT2D eigenvalue weighted by Gasteiger charge is -2.28. The normalized spacial score (nSPS) is 24.7. The quantitative estimate of drug-likeness (QED) is 0.619. The molecule has 0 atom stereocenters. The van der Waals surface area contributed by atoms with Crippen molar-refractivity contribution in [3.63, 3.8) is 0 Å². The number of rotatable bonds is 0. The Labute approximate surface area is 94.3 Å². The summed E-state index contributed by atoms with van der Waals surface area (Å²) < 4.78 is 23.3. The van der Waals surface area contributed by atoms with E-state index in [2.05, 4.69) is 0 Å². The second kappa shape index (κ2) is 3.91. The summed E-state index contributed by atoms with van der Waals surface area (Å²) in [5.41, 5.74) is 0.413. The SMILES string of the molecule is N#CC1=C2CCCCCN2C(=O)CS1(=O)=O. The minimum Gasteiger partial charge on any atom is -0.313 e. The Morgan fingerprint density at radius 2 is 2.00 bits per heavy atom. The van der Waals surface area contributed by atoms with Gasteiger partial charge in [0.1, 0.15) is 11.8 Å². The number of amides is 1. The highest BCUT2D eigenvalue weighted by atomic mass is 32.2. The molecule has 0 bridgehead atoms. The second-order valence-electron chi connectivity index (χ2n) is 4.00. The molecule has 0 saturated carbocycles. The van der Waals surface area contributed by atoms with Crippen molar-refractivity contribution in [3.05, 3.63) is 10.6 Å². The van der Waals surface area contributed by atoms with Crippen LogP contribution < -0.4 is 0 Å². The number of carbonyl (C=O) groups is 1. The molecule has 1 amide bonds. The molecule has 1 fully saturated rings. The molecule has 0 aromatic carbocycles. The van der Waals surface area contributed by atoms with E-state index in [1.807, 2.05) is 0 Å². The van der Waals surface area contributed by atoms with Gasteiger partial charge < -0.3 is 4.90 Å². The van der Waals surface area contributed by atoms with Crippen LogP contribution in [0, 0.1) is 11.3 Å². The van der Waals surface area contributed by atoms with Crippen LogP contribution >= 0.6 is 0 Å². The molecule has 6 heteroatoms.